The number of halogens is 1. The molecule has 5 heteroatoms. The fourth-order valence-electron chi connectivity index (χ4n) is 2.46. The zero-order chi connectivity index (χ0) is 13.9. The molecular weight excluding hydrogens is 328 g/mol. The van der Waals surface area contributed by atoms with E-state index in [0.717, 1.165) is 11.1 Å². The topological polar surface area (TPSA) is 43.4 Å². The van der Waals surface area contributed by atoms with Crippen LogP contribution in [0, 0.1) is 5.41 Å². The van der Waals surface area contributed by atoms with Crippen LogP contribution < -0.4 is 4.74 Å². The average molecular weight is 347 g/mol. The molecule has 0 aliphatic heterocycles. The predicted octanol–water partition coefficient (Wildman–Crippen LogP) is 3.42. The summed E-state index contributed by atoms with van der Waals surface area (Å²) in [6, 6.07) is 6.65. The molecule has 0 aromatic heterocycles. The molecule has 2 rings (SSSR count). The van der Waals surface area contributed by atoms with Crippen LogP contribution in [-0.4, -0.2) is 26.6 Å². The Morgan fingerprint density at radius 1 is 1.21 bits per heavy atom. The predicted molar refractivity (Wildman–Crippen MR) is 79.7 cm³/mol. The van der Waals surface area contributed by atoms with E-state index in [2.05, 4.69) is 15.9 Å². The Balaban J connectivity index is 2.00. The number of benzene rings is 1. The van der Waals surface area contributed by atoms with Gasteiger partial charge >= 0.3 is 0 Å². The molecular formula is C14H19BrO3S. The summed E-state index contributed by atoms with van der Waals surface area (Å²) in [4.78, 5) is 0.330. The maximum atomic E-state index is 11.4. The molecule has 19 heavy (non-hydrogen) atoms. The maximum Gasteiger partial charge on any atom is 0.175 e. The van der Waals surface area contributed by atoms with Crippen molar-refractivity contribution < 1.29 is 13.2 Å². The van der Waals surface area contributed by atoms with Crippen molar-refractivity contribution in [2.75, 3.05) is 18.2 Å². The van der Waals surface area contributed by atoms with E-state index in [4.69, 9.17) is 4.74 Å². The van der Waals surface area contributed by atoms with Gasteiger partial charge in [0.1, 0.15) is 5.75 Å². The summed E-state index contributed by atoms with van der Waals surface area (Å²) < 4.78 is 28.6. The summed E-state index contributed by atoms with van der Waals surface area (Å²) in [7, 11) is -3.13. The lowest BCUT2D eigenvalue weighted by molar-refractivity contribution is 0.174. The van der Waals surface area contributed by atoms with Crippen LogP contribution in [-0.2, 0) is 9.84 Å². The van der Waals surface area contributed by atoms with Crippen molar-refractivity contribution in [1.82, 2.24) is 0 Å². The summed E-state index contributed by atoms with van der Waals surface area (Å²) in [5.41, 5.74) is 0.246. The van der Waals surface area contributed by atoms with Crippen molar-refractivity contribution >= 4 is 25.8 Å². The SMILES string of the molecule is CS(=O)(=O)c1ccc(OCC2(CBr)CCCC2)cc1. The zero-order valence-corrected chi connectivity index (χ0v) is 13.5. The van der Waals surface area contributed by atoms with Gasteiger partial charge in [-0.25, -0.2) is 8.42 Å². The first kappa shape index (κ1) is 14.9. The van der Waals surface area contributed by atoms with Crippen molar-refractivity contribution in [3.05, 3.63) is 24.3 Å². The van der Waals surface area contributed by atoms with Crippen LogP contribution in [0.15, 0.2) is 29.2 Å². The minimum Gasteiger partial charge on any atom is -0.493 e. The first-order valence-electron chi connectivity index (χ1n) is 6.44. The van der Waals surface area contributed by atoms with E-state index >= 15 is 0 Å². The number of hydrogen-bond acceptors (Lipinski definition) is 3. The van der Waals surface area contributed by atoms with Crippen molar-refractivity contribution in [3.63, 3.8) is 0 Å². The highest BCUT2D eigenvalue weighted by molar-refractivity contribution is 9.09. The van der Waals surface area contributed by atoms with Crippen LogP contribution in [0.3, 0.4) is 0 Å². The van der Waals surface area contributed by atoms with Crippen LogP contribution in [0.1, 0.15) is 25.7 Å². The largest absolute Gasteiger partial charge is 0.493 e. The molecule has 0 bridgehead atoms. The minimum atomic E-state index is -3.13. The lowest BCUT2D eigenvalue weighted by atomic mass is 9.90. The van der Waals surface area contributed by atoms with E-state index in [9.17, 15) is 8.42 Å². The maximum absolute atomic E-state index is 11.4. The Bertz CT molecular complexity index is 516. The molecule has 0 spiro atoms. The first-order chi connectivity index (χ1) is 8.95. The molecule has 1 aromatic carbocycles. The highest BCUT2D eigenvalue weighted by Gasteiger charge is 2.33. The Hall–Kier alpha value is -0.550. The number of alkyl halides is 1. The Kier molecular flexibility index (Phi) is 4.56. The summed E-state index contributed by atoms with van der Waals surface area (Å²) in [5, 5.41) is 0.960. The van der Waals surface area contributed by atoms with Crippen molar-refractivity contribution in [1.29, 1.82) is 0 Å². The lowest BCUT2D eigenvalue weighted by Crippen LogP contribution is -2.26. The van der Waals surface area contributed by atoms with Gasteiger partial charge in [-0.3, -0.25) is 0 Å². The monoisotopic (exact) mass is 346 g/mol. The Morgan fingerprint density at radius 2 is 1.79 bits per heavy atom. The molecule has 0 amide bonds. The molecule has 0 saturated heterocycles. The fourth-order valence-corrected chi connectivity index (χ4v) is 3.81. The fraction of sp³-hybridized carbons (Fsp3) is 0.571. The van der Waals surface area contributed by atoms with Crippen LogP contribution >= 0.6 is 15.9 Å². The second-order valence-corrected chi connectivity index (χ2v) is 7.95. The summed E-state index contributed by atoms with van der Waals surface area (Å²) >= 11 is 3.59. The van der Waals surface area contributed by atoms with E-state index in [-0.39, 0.29) is 5.41 Å². The van der Waals surface area contributed by atoms with Crippen LogP contribution in [0.2, 0.25) is 0 Å². The second kappa shape index (κ2) is 5.83. The smallest absolute Gasteiger partial charge is 0.175 e. The molecule has 0 heterocycles. The van der Waals surface area contributed by atoms with E-state index < -0.39 is 9.84 Å². The van der Waals surface area contributed by atoms with E-state index in [1.54, 1.807) is 24.3 Å². The van der Waals surface area contributed by atoms with Gasteiger partial charge in [-0.15, -0.1) is 0 Å². The summed E-state index contributed by atoms with van der Waals surface area (Å²) in [6.45, 7) is 0.691. The molecule has 0 atom stereocenters. The summed E-state index contributed by atoms with van der Waals surface area (Å²) in [6.07, 6.45) is 6.13. The molecule has 1 aliphatic rings. The van der Waals surface area contributed by atoms with E-state index in [1.807, 2.05) is 0 Å². The van der Waals surface area contributed by atoms with Crippen LogP contribution in [0.4, 0.5) is 0 Å². The van der Waals surface area contributed by atoms with Crippen molar-refractivity contribution in [2.45, 2.75) is 30.6 Å². The normalized spacial score (nSPS) is 18.4. The third-order valence-electron chi connectivity index (χ3n) is 3.74. The second-order valence-electron chi connectivity index (χ2n) is 5.37. The molecule has 0 unspecified atom stereocenters. The molecule has 1 aromatic rings. The van der Waals surface area contributed by atoms with Gasteiger partial charge in [0, 0.05) is 17.0 Å². The Morgan fingerprint density at radius 3 is 2.26 bits per heavy atom. The molecule has 1 saturated carbocycles. The van der Waals surface area contributed by atoms with Gasteiger partial charge in [-0.05, 0) is 37.1 Å². The van der Waals surface area contributed by atoms with Gasteiger partial charge < -0.3 is 4.74 Å². The van der Waals surface area contributed by atoms with Crippen LogP contribution in [0.25, 0.3) is 0 Å². The molecule has 0 radical (unpaired) electrons. The molecule has 0 N–H and O–H groups in total. The molecule has 3 nitrogen and oxygen atoms in total. The standard InChI is InChI=1S/C14H19BrO3S/c1-19(16,17)13-6-4-12(5-7-13)18-11-14(10-15)8-2-3-9-14/h4-7H,2-3,8-11H2,1H3. The van der Waals surface area contributed by atoms with Crippen molar-refractivity contribution in [2.24, 2.45) is 5.41 Å². The number of rotatable bonds is 5. The van der Waals surface area contributed by atoms with E-state index in [0.29, 0.717) is 11.5 Å². The van der Waals surface area contributed by atoms with Crippen LogP contribution in [0.5, 0.6) is 5.75 Å². The van der Waals surface area contributed by atoms with Gasteiger partial charge in [0.15, 0.2) is 9.84 Å². The molecule has 1 aliphatic carbocycles. The Labute approximate surface area is 123 Å². The number of ether oxygens (including phenoxy) is 1. The van der Waals surface area contributed by atoms with Gasteiger partial charge in [0.05, 0.1) is 11.5 Å². The molecule has 1 fully saturated rings. The minimum absolute atomic E-state index is 0.246. The molecule has 106 valence electrons. The van der Waals surface area contributed by atoms with Gasteiger partial charge in [-0.1, -0.05) is 28.8 Å². The third-order valence-corrected chi connectivity index (χ3v) is 6.06. The average Bonchev–Trinajstić information content (AvgIpc) is 2.85. The summed E-state index contributed by atoms with van der Waals surface area (Å²) in [5.74, 6) is 0.736. The highest BCUT2D eigenvalue weighted by Crippen LogP contribution is 2.40. The van der Waals surface area contributed by atoms with Gasteiger partial charge in [-0.2, -0.15) is 0 Å². The first-order valence-corrected chi connectivity index (χ1v) is 9.45. The quantitative estimate of drug-likeness (QED) is 0.767. The van der Waals surface area contributed by atoms with Gasteiger partial charge in [0.25, 0.3) is 0 Å². The zero-order valence-electron chi connectivity index (χ0n) is 11.1. The van der Waals surface area contributed by atoms with Crippen molar-refractivity contribution in [3.8, 4) is 5.75 Å². The lowest BCUT2D eigenvalue weighted by Gasteiger charge is -2.26. The number of sulfone groups is 1. The number of hydrogen-bond donors (Lipinski definition) is 0. The third kappa shape index (κ3) is 3.72. The van der Waals surface area contributed by atoms with E-state index in [1.165, 1.54) is 31.9 Å². The highest BCUT2D eigenvalue weighted by atomic mass is 79.9. The van der Waals surface area contributed by atoms with Gasteiger partial charge in [0.2, 0.25) is 0 Å².